The second-order valence-corrected chi connectivity index (χ2v) is 2.92. The molecular weight excluding hydrogens is 176 g/mol. The van der Waals surface area contributed by atoms with Gasteiger partial charge in [-0.1, -0.05) is 30.3 Å². The number of nitrogens with zero attached hydrogens (tertiary/aromatic N) is 1. The highest BCUT2D eigenvalue weighted by molar-refractivity contribution is 5.76. The molecule has 3 nitrogen and oxygen atoms in total. The molecule has 72 valence electrons. The average Bonchev–Trinajstić information content (AvgIpc) is 2.25. The van der Waals surface area contributed by atoms with Gasteiger partial charge in [-0.05, 0) is 5.56 Å². The summed E-state index contributed by atoms with van der Waals surface area (Å²) in [5.74, 6) is -0.0737. The summed E-state index contributed by atoms with van der Waals surface area (Å²) >= 11 is 0. The van der Waals surface area contributed by atoms with Gasteiger partial charge in [0.25, 0.3) is 0 Å². The Morgan fingerprint density at radius 1 is 1.36 bits per heavy atom. The van der Waals surface area contributed by atoms with Crippen molar-refractivity contribution in [3.05, 3.63) is 35.9 Å². The van der Waals surface area contributed by atoms with E-state index < -0.39 is 0 Å². The number of nitriles is 1. The summed E-state index contributed by atoms with van der Waals surface area (Å²) in [7, 11) is 0. The Morgan fingerprint density at radius 3 is 2.71 bits per heavy atom. The minimum absolute atomic E-state index is 0.0737. The van der Waals surface area contributed by atoms with Crippen molar-refractivity contribution in [2.75, 3.05) is 0 Å². The smallest absolute Gasteiger partial charge is 0.221 e. The van der Waals surface area contributed by atoms with E-state index in [0.29, 0.717) is 6.54 Å². The molecule has 0 bridgehead atoms. The number of nitrogens with one attached hydrogen (secondary N) is 1. The van der Waals surface area contributed by atoms with E-state index in [-0.39, 0.29) is 18.7 Å². The predicted octanol–water partition coefficient (Wildman–Crippen LogP) is 1.61. The van der Waals surface area contributed by atoms with Crippen molar-refractivity contribution >= 4 is 5.91 Å². The van der Waals surface area contributed by atoms with Crippen molar-refractivity contribution in [2.24, 2.45) is 0 Å². The molecule has 0 spiro atoms. The molecule has 1 aromatic rings. The fourth-order valence-corrected chi connectivity index (χ4v) is 1.05. The van der Waals surface area contributed by atoms with Gasteiger partial charge in [0.05, 0.1) is 6.07 Å². The van der Waals surface area contributed by atoms with Crippen molar-refractivity contribution in [3.63, 3.8) is 0 Å². The van der Waals surface area contributed by atoms with E-state index in [9.17, 15) is 4.79 Å². The average molecular weight is 188 g/mol. The first-order chi connectivity index (χ1) is 6.83. The Morgan fingerprint density at radius 2 is 2.07 bits per heavy atom. The van der Waals surface area contributed by atoms with Crippen molar-refractivity contribution in [3.8, 4) is 6.07 Å². The lowest BCUT2D eigenvalue weighted by molar-refractivity contribution is -0.121. The molecule has 1 N–H and O–H groups in total. The highest BCUT2D eigenvalue weighted by Gasteiger charge is 1.99. The van der Waals surface area contributed by atoms with Crippen LogP contribution < -0.4 is 5.32 Å². The van der Waals surface area contributed by atoms with Gasteiger partial charge in [0, 0.05) is 19.4 Å². The van der Waals surface area contributed by atoms with Gasteiger partial charge in [-0.2, -0.15) is 5.26 Å². The van der Waals surface area contributed by atoms with Crippen LogP contribution >= 0.6 is 0 Å². The second-order valence-electron chi connectivity index (χ2n) is 2.92. The maximum atomic E-state index is 11.1. The van der Waals surface area contributed by atoms with E-state index in [1.54, 1.807) is 0 Å². The predicted molar refractivity (Wildman–Crippen MR) is 53.1 cm³/mol. The minimum Gasteiger partial charge on any atom is -0.352 e. The molecule has 0 aromatic heterocycles. The molecule has 0 heterocycles. The van der Waals surface area contributed by atoms with Gasteiger partial charge in [0.2, 0.25) is 5.91 Å². The highest BCUT2D eigenvalue weighted by Crippen LogP contribution is 1.97. The Balaban J connectivity index is 2.28. The van der Waals surface area contributed by atoms with Crippen LogP contribution in [0.15, 0.2) is 30.3 Å². The monoisotopic (exact) mass is 188 g/mol. The van der Waals surface area contributed by atoms with Crippen molar-refractivity contribution in [2.45, 2.75) is 19.4 Å². The molecule has 0 aliphatic heterocycles. The Labute approximate surface area is 83.4 Å². The summed E-state index contributed by atoms with van der Waals surface area (Å²) < 4.78 is 0. The molecule has 1 amide bonds. The molecular formula is C11H12N2O. The molecule has 1 aromatic carbocycles. The first-order valence-electron chi connectivity index (χ1n) is 4.50. The van der Waals surface area contributed by atoms with Crippen LogP contribution in [0.1, 0.15) is 18.4 Å². The third-order valence-corrected chi connectivity index (χ3v) is 1.80. The molecule has 0 radical (unpaired) electrons. The Hall–Kier alpha value is -1.82. The van der Waals surface area contributed by atoms with Crippen LogP contribution in [-0.4, -0.2) is 5.91 Å². The van der Waals surface area contributed by atoms with Gasteiger partial charge < -0.3 is 5.32 Å². The molecule has 0 atom stereocenters. The number of carbonyl (C=O) groups is 1. The molecule has 3 heteroatoms. The molecule has 0 aliphatic rings. The maximum Gasteiger partial charge on any atom is 0.221 e. The van der Waals surface area contributed by atoms with E-state index in [4.69, 9.17) is 5.26 Å². The van der Waals surface area contributed by atoms with Crippen LogP contribution in [0.3, 0.4) is 0 Å². The number of hydrogen-bond donors (Lipinski definition) is 1. The number of benzene rings is 1. The van der Waals surface area contributed by atoms with E-state index >= 15 is 0 Å². The topological polar surface area (TPSA) is 52.9 Å². The van der Waals surface area contributed by atoms with Gasteiger partial charge in [0.15, 0.2) is 0 Å². The molecule has 14 heavy (non-hydrogen) atoms. The quantitative estimate of drug-likeness (QED) is 0.780. The Bertz CT molecular complexity index is 327. The zero-order valence-corrected chi connectivity index (χ0v) is 7.86. The molecule has 0 fully saturated rings. The minimum atomic E-state index is -0.0737. The van der Waals surface area contributed by atoms with E-state index in [1.165, 1.54) is 0 Å². The SMILES string of the molecule is N#CCCC(=O)NCc1ccccc1. The van der Waals surface area contributed by atoms with Gasteiger partial charge in [-0.15, -0.1) is 0 Å². The number of hydrogen-bond acceptors (Lipinski definition) is 2. The summed E-state index contributed by atoms with van der Waals surface area (Å²) in [4.78, 5) is 11.1. The van der Waals surface area contributed by atoms with Gasteiger partial charge in [0.1, 0.15) is 0 Å². The number of rotatable bonds is 4. The normalized spacial score (nSPS) is 9.07. The number of carbonyl (C=O) groups excluding carboxylic acids is 1. The summed E-state index contributed by atoms with van der Waals surface area (Å²) in [6.07, 6.45) is 0.559. The maximum absolute atomic E-state index is 11.1. The zero-order valence-electron chi connectivity index (χ0n) is 7.86. The lowest BCUT2D eigenvalue weighted by Crippen LogP contribution is -2.22. The standard InChI is InChI=1S/C11H12N2O/c12-8-4-7-11(14)13-9-10-5-2-1-3-6-10/h1-3,5-6H,4,7,9H2,(H,13,14). The van der Waals surface area contributed by atoms with Gasteiger partial charge >= 0.3 is 0 Å². The van der Waals surface area contributed by atoms with Gasteiger partial charge in [-0.3, -0.25) is 4.79 Å². The van der Waals surface area contributed by atoms with E-state index in [1.807, 2.05) is 36.4 Å². The highest BCUT2D eigenvalue weighted by atomic mass is 16.1. The zero-order chi connectivity index (χ0) is 10.2. The van der Waals surface area contributed by atoms with Crippen molar-refractivity contribution in [1.82, 2.24) is 5.32 Å². The summed E-state index contributed by atoms with van der Waals surface area (Å²) in [6, 6.07) is 11.6. The molecule has 0 saturated carbocycles. The summed E-state index contributed by atoms with van der Waals surface area (Å²) in [6.45, 7) is 0.533. The van der Waals surface area contributed by atoms with Crippen LogP contribution in [0.4, 0.5) is 0 Å². The second kappa shape index (κ2) is 5.76. The van der Waals surface area contributed by atoms with E-state index in [0.717, 1.165) is 5.56 Å². The summed E-state index contributed by atoms with van der Waals surface area (Å²) in [5, 5.41) is 11.0. The van der Waals surface area contributed by atoms with Crippen LogP contribution in [0.25, 0.3) is 0 Å². The van der Waals surface area contributed by atoms with Crippen LogP contribution in [0.5, 0.6) is 0 Å². The van der Waals surface area contributed by atoms with Crippen molar-refractivity contribution in [1.29, 1.82) is 5.26 Å². The Kier molecular flexibility index (Phi) is 4.22. The molecule has 0 aliphatic carbocycles. The molecule has 0 unspecified atom stereocenters. The first kappa shape index (κ1) is 10.3. The molecule has 0 saturated heterocycles. The van der Waals surface area contributed by atoms with Crippen LogP contribution in [-0.2, 0) is 11.3 Å². The third-order valence-electron chi connectivity index (χ3n) is 1.80. The van der Waals surface area contributed by atoms with E-state index in [2.05, 4.69) is 5.32 Å². The van der Waals surface area contributed by atoms with Crippen LogP contribution in [0.2, 0.25) is 0 Å². The fraction of sp³-hybridized carbons (Fsp3) is 0.273. The van der Waals surface area contributed by atoms with Crippen molar-refractivity contribution < 1.29 is 4.79 Å². The summed E-state index contributed by atoms with van der Waals surface area (Å²) in [5.41, 5.74) is 1.07. The fourth-order valence-electron chi connectivity index (χ4n) is 1.05. The number of amides is 1. The lowest BCUT2D eigenvalue weighted by atomic mass is 10.2. The van der Waals surface area contributed by atoms with Gasteiger partial charge in [-0.25, -0.2) is 0 Å². The third kappa shape index (κ3) is 3.72. The largest absolute Gasteiger partial charge is 0.352 e. The lowest BCUT2D eigenvalue weighted by Gasteiger charge is -2.02. The molecule has 1 rings (SSSR count). The first-order valence-corrected chi connectivity index (χ1v) is 4.50. The van der Waals surface area contributed by atoms with Crippen LogP contribution in [0, 0.1) is 11.3 Å².